The molecule has 0 spiro atoms. The molecule has 8 heteroatoms. The number of carbonyl (C=O) groups is 2. The summed E-state index contributed by atoms with van der Waals surface area (Å²) >= 11 is 0. The quantitative estimate of drug-likeness (QED) is 0.884. The van der Waals surface area contributed by atoms with Crippen molar-refractivity contribution in [1.82, 2.24) is 24.5 Å². The van der Waals surface area contributed by atoms with Crippen molar-refractivity contribution < 1.29 is 9.59 Å². The zero-order valence-electron chi connectivity index (χ0n) is 15.1. The number of nitrogens with one attached hydrogen (secondary N) is 1. The highest BCUT2D eigenvalue weighted by molar-refractivity contribution is 5.94. The fourth-order valence-corrected chi connectivity index (χ4v) is 3.91. The number of hydrogen-bond acceptors (Lipinski definition) is 4. The summed E-state index contributed by atoms with van der Waals surface area (Å²) in [5, 5.41) is 11.5. The largest absolute Gasteiger partial charge is 0.330 e. The van der Waals surface area contributed by atoms with E-state index < -0.39 is 0 Å². The fraction of sp³-hybridized carbons (Fsp3) is 0.556. The summed E-state index contributed by atoms with van der Waals surface area (Å²) in [4.78, 5) is 27.7. The first-order valence-electron chi connectivity index (χ1n) is 9.22. The van der Waals surface area contributed by atoms with Crippen LogP contribution in [-0.4, -0.2) is 42.3 Å². The van der Waals surface area contributed by atoms with Crippen molar-refractivity contribution in [3.05, 3.63) is 30.2 Å². The van der Waals surface area contributed by atoms with Crippen LogP contribution < -0.4 is 5.32 Å². The van der Waals surface area contributed by atoms with Crippen molar-refractivity contribution in [2.45, 2.75) is 51.2 Å². The second-order valence-electron chi connectivity index (χ2n) is 7.02. The third-order valence-corrected chi connectivity index (χ3v) is 5.34. The number of amides is 2. The van der Waals surface area contributed by atoms with Gasteiger partial charge in [0.05, 0.1) is 23.9 Å². The zero-order valence-corrected chi connectivity index (χ0v) is 15.1. The van der Waals surface area contributed by atoms with Gasteiger partial charge in [-0.2, -0.15) is 10.2 Å². The SMILES string of the molecule is CCn1nccc1NC(=O)[C@H]1CCC(=O)N(C2CC2)[C@@H]1c1ccnn1C. The van der Waals surface area contributed by atoms with E-state index in [2.05, 4.69) is 15.5 Å². The summed E-state index contributed by atoms with van der Waals surface area (Å²) in [5.74, 6) is 0.464. The van der Waals surface area contributed by atoms with E-state index in [1.54, 1.807) is 27.8 Å². The fourth-order valence-electron chi connectivity index (χ4n) is 3.91. The standard InChI is InChI=1S/C18H24N6O2/c1-3-23-15(9-11-20-23)21-18(26)13-6-7-16(25)24(12-4-5-12)17(13)14-8-10-19-22(14)2/h8-13,17H,3-7H2,1-2H3,(H,21,26)/t13-,17-/m0/s1. The average Bonchev–Trinajstić information content (AvgIpc) is 3.21. The first-order chi connectivity index (χ1) is 12.6. The minimum absolute atomic E-state index is 0.0652. The molecule has 0 aromatic carbocycles. The van der Waals surface area contributed by atoms with Crippen molar-refractivity contribution in [2.75, 3.05) is 5.32 Å². The van der Waals surface area contributed by atoms with Gasteiger partial charge in [0.1, 0.15) is 5.82 Å². The summed E-state index contributed by atoms with van der Waals surface area (Å²) in [6, 6.07) is 3.69. The molecule has 2 aliphatic rings. The van der Waals surface area contributed by atoms with Gasteiger partial charge in [0, 0.05) is 38.3 Å². The maximum absolute atomic E-state index is 13.1. The number of nitrogens with zero attached hydrogens (tertiary/aromatic N) is 5. The van der Waals surface area contributed by atoms with Crippen LogP contribution in [0.5, 0.6) is 0 Å². The van der Waals surface area contributed by atoms with E-state index in [0.717, 1.165) is 18.5 Å². The molecule has 1 aliphatic heterocycles. The third-order valence-electron chi connectivity index (χ3n) is 5.34. The van der Waals surface area contributed by atoms with Gasteiger partial charge in [-0.1, -0.05) is 0 Å². The highest BCUT2D eigenvalue weighted by atomic mass is 16.2. The van der Waals surface area contributed by atoms with Gasteiger partial charge >= 0.3 is 0 Å². The highest BCUT2D eigenvalue weighted by Crippen LogP contribution is 2.43. The molecular weight excluding hydrogens is 332 g/mol. The Morgan fingerprint density at radius 2 is 2.00 bits per heavy atom. The predicted octanol–water partition coefficient (Wildman–Crippen LogP) is 1.72. The average molecular weight is 356 g/mol. The maximum Gasteiger partial charge on any atom is 0.231 e. The van der Waals surface area contributed by atoms with Crippen LogP contribution in [0, 0.1) is 5.92 Å². The number of anilines is 1. The van der Waals surface area contributed by atoms with Gasteiger partial charge in [0.25, 0.3) is 0 Å². The molecule has 1 aliphatic carbocycles. The smallest absolute Gasteiger partial charge is 0.231 e. The molecule has 26 heavy (non-hydrogen) atoms. The van der Waals surface area contributed by atoms with Crippen LogP contribution in [0.1, 0.15) is 44.3 Å². The lowest BCUT2D eigenvalue weighted by Gasteiger charge is -2.40. The summed E-state index contributed by atoms with van der Waals surface area (Å²) in [5.41, 5.74) is 0.911. The molecule has 3 heterocycles. The van der Waals surface area contributed by atoms with Gasteiger partial charge in [-0.3, -0.25) is 14.3 Å². The van der Waals surface area contributed by atoms with Crippen LogP contribution in [0.3, 0.4) is 0 Å². The molecule has 138 valence electrons. The van der Waals surface area contributed by atoms with Crippen molar-refractivity contribution in [1.29, 1.82) is 0 Å². The van der Waals surface area contributed by atoms with Crippen LogP contribution in [0.25, 0.3) is 0 Å². The molecule has 0 unspecified atom stereocenters. The molecule has 2 aromatic heterocycles. The van der Waals surface area contributed by atoms with E-state index in [-0.39, 0.29) is 29.8 Å². The van der Waals surface area contributed by atoms with Crippen LogP contribution in [0.15, 0.2) is 24.5 Å². The minimum Gasteiger partial charge on any atom is -0.330 e. The number of likely N-dealkylation sites (tertiary alicyclic amines) is 1. The van der Waals surface area contributed by atoms with Crippen molar-refractivity contribution in [3.8, 4) is 0 Å². The van der Waals surface area contributed by atoms with Gasteiger partial charge in [0.2, 0.25) is 11.8 Å². The van der Waals surface area contributed by atoms with E-state index in [1.165, 1.54) is 0 Å². The Morgan fingerprint density at radius 3 is 2.65 bits per heavy atom. The Hall–Kier alpha value is -2.64. The van der Waals surface area contributed by atoms with Crippen LogP contribution in [-0.2, 0) is 23.2 Å². The number of aromatic nitrogens is 4. The van der Waals surface area contributed by atoms with Crippen molar-refractivity contribution in [2.24, 2.45) is 13.0 Å². The molecule has 1 N–H and O–H groups in total. The van der Waals surface area contributed by atoms with Gasteiger partial charge in [0.15, 0.2) is 0 Å². The zero-order chi connectivity index (χ0) is 18.3. The first kappa shape index (κ1) is 16.8. The minimum atomic E-state index is -0.302. The van der Waals surface area contributed by atoms with Gasteiger partial charge in [-0.25, -0.2) is 4.68 Å². The predicted molar refractivity (Wildman–Crippen MR) is 95.1 cm³/mol. The lowest BCUT2D eigenvalue weighted by atomic mass is 9.85. The molecule has 4 rings (SSSR count). The number of carbonyl (C=O) groups excluding carboxylic acids is 2. The number of hydrogen-bond donors (Lipinski definition) is 1. The van der Waals surface area contributed by atoms with Gasteiger partial charge < -0.3 is 10.2 Å². The lowest BCUT2D eigenvalue weighted by molar-refractivity contribution is -0.143. The molecule has 0 bridgehead atoms. The van der Waals surface area contributed by atoms with Gasteiger partial charge in [-0.05, 0) is 32.3 Å². The summed E-state index contributed by atoms with van der Waals surface area (Å²) in [7, 11) is 1.86. The lowest BCUT2D eigenvalue weighted by Crippen LogP contribution is -2.48. The van der Waals surface area contributed by atoms with Gasteiger partial charge in [-0.15, -0.1) is 0 Å². The Labute approximate surface area is 152 Å². The molecule has 0 radical (unpaired) electrons. The number of rotatable bonds is 5. The van der Waals surface area contributed by atoms with Crippen molar-refractivity contribution in [3.63, 3.8) is 0 Å². The summed E-state index contributed by atoms with van der Waals surface area (Å²) < 4.78 is 3.53. The second kappa shape index (κ2) is 6.59. The molecule has 8 nitrogen and oxygen atoms in total. The Kier molecular flexibility index (Phi) is 4.26. The number of aryl methyl sites for hydroxylation is 2. The third kappa shape index (κ3) is 2.89. The molecule has 2 atom stereocenters. The normalized spacial score (nSPS) is 23.3. The molecule has 2 amide bonds. The summed E-state index contributed by atoms with van der Waals surface area (Å²) in [6.45, 7) is 2.67. The molecule has 2 aromatic rings. The second-order valence-corrected chi connectivity index (χ2v) is 7.02. The Balaban J connectivity index is 1.65. The van der Waals surface area contributed by atoms with Crippen LogP contribution in [0.2, 0.25) is 0 Å². The van der Waals surface area contributed by atoms with E-state index in [0.29, 0.717) is 25.2 Å². The van der Waals surface area contributed by atoms with E-state index >= 15 is 0 Å². The van der Waals surface area contributed by atoms with Crippen LogP contribution in [0.4, 0.5) is 5.82 Å². The van der Waals surface area contributed by atoms with Crippen LogP contribution >= 0.6 is 0 Å². The van der Waals surface area contributed by atoms with Crippen molar-refractivity contribution >= 4 is 17.6 Å². The Bertz CT molecular complexity index is 821. The molecule has 1 saturated heterocycles. The monoisotopic (exact) mass is 356 g/mol. The molecule has 1 saturated carbocycles. The molecule has 2 fully saturated rings. The highest BCUT2D eigenvalue weighted by Gasteiger charge is 2.47. The summed E-state index contributed by atoms with van der Waals surface area (Å²) in [6.07, 6.45) is 6.38. The number of piperidine rings is 1. The van der Waals surface area contributed by atoms with E-state index in [4.69, 9.17) is 0 Å². The van der Waals surface area contributed by atoms with E-state index in [1.807, 2.05) is 24.9 Å². The molecular formula is C18H24N6O2. The Morgan fingerprint density at radius 1 is 1.23 bits per heavy atom. The first-order valence-corrected chi connectivity index (χ1v) is 9.22. The topological polar surface area (TPSA) is 85.1 Å². The van der Waals surface area contributed by atoms with E-state index in [9.17, 15) is 9.59 Å². The maximum atomic E-state index is 13.1.